The van der Waals surface area contributed by atoms with Crippen LogP contribution in [0.2, 0.25) is 0 Å². The number of carbonyl (C=O) groups is 1. The van der Waals surface area contributed by atoms with Gasteiger partial charge in [0.05, 0.1) is 28.7 Å². The number of aromatic nitrogens is 4. The third-order valence-electron chi connectivity index (χ3n) is 6.65. The molecule has 0 saturated heterocycles. The van der Waals surface area contributed by atoms with E-state index in [-0.39, 0.29) is 11.3 Å². The number of methoxy groups -OCH3 is 1. The molecule has 204 valence electrons. The average Bonchev–Trinajstić information content (AvgIpc) is 3.51. The summed E-state index contributed by atoms with van der Waals surface area (Å²) in [6, 6.07) is 26.1. The Bertz CT molecular complexity index is 1880. The zero-order valence-electron chi connectivity index (χ0n) is 22.5. The predicted octanol–water partition coefficient (Wildman–Crippen LogP) is 5.65. The van der Waals surface area contributed by atoms with Gasteiger partial charge in [-0.05, 0) is 71.4 Å². The first kappa shape index (κ1) is 27.4. The second-order valence-electron chi connectivity index (χ2n) is 9.12. The van der Waals surface area contributed by atoms with Crippen LogP contribution in [0.3, 0.4) is 0 Å². The molecule has 0 bridgehead atoms. The van der Waals surface area contributed by atoms with Crippen molar-refractivity contribution in [2.45, 2.75) is 6.92 Å². The third-order valence-corrected chi connectivity index (χ3v) is 7.27. The third kappa shape index (κ3) is 5.35. The van der Waals surface area contributed by atoms with Gasteiger partial charge in [0, 0.05) is 24.4 Å². The number of amides is 1. The number of ether oxygens (including phenoxy) is 1. The fraction of sp³-hybridized carbons (Fsp3) is 0.0968. The van der Waals surface area contributed by atoms with Crippen LogP contribution in [-0.4, -0.2) is 32.2 Å². The minimum absolute atomic E-state index is 0.0989. The molecular formula is C31H25BrN6O3. The minimum atomic E-state index is -0.701. The molecule has 3 aromatic carbocycles. The Morgan fingerprint density at radius 1 is 1.05 bits per heavy atom. The molecule has 0 unspecified atom stereocenters. The Hall–Kier alpha value is -5.14. The maximum Gasteiger partial charge on any atom is 0.295 e. The van der Waals surface area contributed by atoms with Crippen molar-refractivity contribution in [2.24, 2.45) is 7.05 Å². The molecule has 0 radical (unpaired) electrons. The van der Waals surface area contributed by atoms with E-state index in [9.17, 15) is 14.9 Å². The van der Waals surface area contributed by atoms with E-state index in [0.717, 1.165) is 15.7 Å². The van der Waals surface area contributed by atoms with Gasteiger partial charge < -0.3 is 10.1 Å². The van der Waals surface area contributed by atoms with Gasteiger partial charge in [0.1, 0.15) is 28.8 Å². The van der Waals surface area contributed by atoms with Crippen molar-refractivity contribution >= 4 is 33.6 Å². The van der Waals surface area contributed by atoms with Gasteiger partial charge in [-0.3, -0.25) is 14.3 Å². The van der Waals surface area contributed by atoms with E-state index in [0.29, 0.717) is 28.4 Å². The van der Waals surface area contributed by atoms with Gasteiger partial charge in [-0.15, -0.1) is 0 Å². The molecule has 0 aliphatic carbocycles. The molecule has 0 aliphatic rings. The Balaban J connectivity index is 1.56. The van der Waals surface area contributed by atoms with Gasteiger partial charge in [0.15, 0.2) is 0 Å². The number of benzene rings is 3. The van der Waals surface area contributed by atoms with E-state index < -0.39 is 11.5 Å². The number of nitriles is 1. The normalized spacial score (nSPS) is 11.2. The summed E-state index contributed by atoms with van der Waals surface area (Å²) < 4.78 is 10.9. The lowest BCUT2D eigenvalue weighted by Gasteiger charge is -2.07. The quantitative estimate of drug-likeness (QED) is 0.190. The number of nitrogens with one attached hydrogen (secondary N) is 1. The zero-order chi connectivity index (χ0) is 29.1. The summed E-state index contributed by atoms with van der Waals surface area (Å²) in [6.07, 6.45) is 3.23. The number of carbonyl (C=O) groups excluding carboxylic acids is 1. The van der Waals surface area contributed by atoms with Crippen LogP contribution in [0.5, 0.6) is 5.75 Å². The molecule has 1 N–H and O–H groups in total. The first-order valence-corrected chi connectivity index (χ1v) is 13.4. The van der Waals surface area contributed by atoms with Crippen LogP contribution in [-0.2, 0) is 11.8 Å². The summed E-state index contributed by atoms with van der Waals surface area (Å²) in [5, 5.41) is 17.4. The van der Waals surface area contributed by atoms with Crippen molar-refractivity contribution in [1.82, 2.24) is 19.1 Å². The standard InChI is InChI=1S/C31H25BrN6O3/c1-20-28(31(40)38(36(20)2)25-12-8-5-9-13-25)34-30(39)22(18-33)16-23-19-37(24-10-6-4-7-11-24)35-29(23)21-14-15-27(41-3)26(32)17-21/h4-17,19H,1-3H3,(H,34,39). The van der Waals surface area contributed by atoms with Crippen LogP contribution >= 0.6 is 15.9 Å². The van der Waals surface area contributed by atoms with Crippen LogP contribution < -0.4 is 15.6 Å². The molecule has 0 aliphatic heterocycles. The maximum atomic E-state index is 13.4. The van der Waals surface area contributed by atoms with E-state index in [1.54, 1.807) is 48.8 Å². The van der Waals surface area contributed by atoms with Gasteiger partial charge in [0.25, 0.3) is 11.5 Å². The molecule has 5 aromatic rings. The van der Waals surface area contributed by atoms with Crippen molar-refractivity contribution in [1.29, 1.82) is 5.26 Å². The molecule has 0 fully saturated rings. The average molecular weight is 609 g/mol. The monoisotopic (exact) mass is 608 g/mol. The molecule has 9 nitrogen and oxygen atoms in total. The second-order valence-corrected chi connectivity index (χ2v) is 9.98. The Morgan fingerprint density at radius 3 is 2.32 bits per heavy atom. The lowest BCUT2D eigenvalue weighted by molar-refractivity contribution is -0.112. The first-order valence-electron chi connectivity index (χ1n) is 12.6. The van der Waals surface area contributed by atoms with E-state index in [1.807, 2.05) is 72.8 Å². The number of halogens is 1. The lowest BCUT2D eigenvalue weighted by Crippen LogP contribution is -2.23. The molecule has 2 heterocycles. The SMILES string of the molecule is COc1ccc(-c2nn(-c3ccccc3)cc2C=C(C#N)C(=O)Nc2c(C)n(C)n(-c3ccccc3)c2=O)cc1Br. The fourth-order valence-electron chi connectivity index (χ4n) is 4.44. The highest BCUT2D eigenvalue weighted by Crippen LogP contribution is 2.33. The zero-order valence-corrected chi connectivity index (χ0v) is 24.1. The van der Waals surface area contributed by atoms with Crippen LogP contribution in [0.1, 0.15) is 11.3 Å². The van der Waals surface area contributed by atoms with Gasteiger partial charge >= 0.3 is 0 Å². The number of hydrogen-bond donors (Lipinski definition) is 1. The number of para-hydroxylation sites is 2. The van der Waals surface area contributed by atoms with Gasteiger partial charge in [-0.1, -0.05) is 36.4 Å². The van der Waals surface area contributed by atoms with Crippen LogP contribution in [0.4, 0.5) is 5.69 Å². The van der Waals surface area contributed by atoms with Crippen molar-refractivity contribution < 1.29 is 9.53 Å². The summed E-state index contributed by atoms with van der Waals surface area (Å²) in [5.74, 6) is -0.0438. The van der Waals surface area contributed by atoms with Crippen LogP contribution in [0, 0.1) is 18.3 Å². The van der Waals surface area contributed by atoms with Gasteiger partial charge in [0.2, 0.25) is 0 Å². The molecule has 0 spiro atoms. The summed E-state index contributed by atoms with van der Waals surface area (Å²) >= 11 is 3.52. The minimum Gasteiger partial charge on any atom is -0.496 e. The van der Waals surface area contributed by atoms with Crippen LogP contribution in [0.25, 0.3) is 28.7 Å². The molecule has 2 aromatic heterocycles. The Morgan fingerprint density at radius 2 is 1.71 bits per heavy atom. The highest BCUT2D eigenvalue weighted by molar-refractivity contribution is 9.10. The number of nitrogens with zero attached hydrogens (tertiary/aromatic N) is 5. The van der Waals surface area contributed by atoms with Crippen molar-refractivity contribution in [3.8, 4) is 34.5 Å². The van der Waals surface area contributed by atoms with E-state index >= 15 is 0 Å². The smallest absolute Gasteiger partial charge is 0.295 e. The van der Waals surface area contributed by atoms with Gasteiger partial charge in [-0.25, -0.2) is 9.36 Å². The van der Waals surface area contributed by atoms with Crippen LogP contribution in [0.15, 0.2) is 99.9 Å². The molecule has 41 heavy (non-hydrogen) atoms. The highest BCUT2D eigenvalue weighted by atomic mass is 79.9. The maximum absolute atomic E-state index is 13.4. The summed E-state index contributed by atoms with van der Waals surface area (Å²) in [4.78, 5) is 26.7. The molecular weight excluding hydrogens is 584 g/mol. The van der Waals surface area contributed by atoms with Crippen molar-refractivity contribution in [3.63, 3.8) is 0 Å². The predicted molar refractivity (Wildman–Crippen MR) is 161 cm³/mol. The first-order chi connectivity index (χ1) is 19.8. The molecule has 1 amide bonds. The van der Waals surface area contributed by atoms with E-state index in [2.05, 4.69) is 21.2 Å². The highest BCUT2D eigenvalue weighted by Gasteiger charge is 2.21. The molecule has 0 atom stereocenters. The summed E-state index contributed by atoms with van der Waals surface area (Å²) in [7, 11) is 3.32. The summed E-state index contributed by atoms with van der Waals surface area (Å²) in [6.45, 7) is 1.73. The van der Waals surface area contributed by atoms with Crippen molar-refractivity contribution in [3.05, 3.63) is 117 Å². The molecule has 5 rings (SSSR count). The molecule has 0 saturated carbocycles. The number of rotatable bonds is 7. The number of hydrogen-bond acceptors (Lipinski definition) is 5. The van der Waals surface area contributed by atoms with Crippen molar-refractivity contribution in [2.75, 3.05) is 12.4 Å². The van der Waals surface area contributed by atoms with E-state index in [1.165, 1.54) is 10.8 Å². The van der Waals surface area contributed by atoms with E-state index in [4.69, 9.17) is 9.84 Å². The topological polar surface area (TPSA) is 107 Å². The lowest BCUT2D eigenvalue weighted by atomic mass is 10.1. The fourth-order valence-corrected chi connectivity index (χ4v) is 4.98. The van der Waals surface area contributed by atoms with Gasteiger partial charge in [-0.2, -0.15) is 10.4 Å². The second kappa shape index (κ2) is 11.5. The largest absolute Gasteiger partial charge is 0.496 e. The number of anilines is 1. The summed E-state index contributed by atoms with van der Waals surface area (Å²) in [5.41, 5.74) is 3.38. The molecule has 10 heteroatoms. The Labute approximate surface area is 244 Å². The Kier molecular flexibility index (Phi) is 7.72.